The summed E-state index contributed by atoms with van der Waals surface area (Å²) in [6.07, 6.45) is 9.40. The summed E-state index contributed by atoms with van der Waals surface area (Å²) in [5, 5.41) is 9.83. The number of rotatable bonds is 4. The number of carbonyl (C=O) groups excluding carboxylic acids is 1. The van der Waals surface area contributed by atoms with E-state index in [4.69, 9.17) is 9.72 Å². The van der Waals surface area contributed by atoms with Gasteiger partial charge in [0.15, 0.2) is 0 Å². The average molecular weight is 475 g/mol. The Bertz CT molecular complexity index is 1220. The monoisotopic (exact) mass is 474 g/mol. The summed E-state index contributed by atoms with van der Waals surface area (Å²) in [6.45, 7) is 5.80. The van der Waals surface area contributed by atoms with Crippen LogP contribution in [0.25, 0.3) is 11.4 Å². The molecule has 2 aromatic rings. The van der Waals surface area contributed by atoms with Gasteiger partial charge in [-0.3, -0.25) is 4.79 Å². The summed E-state index contributed by atoms with van der Waals surface area (Å²) in [7, 11) is 0. The minimum absolute atomic E-state index is 0.0989. The predicted octanol–water partition coefficient (Wildman–Crippen LogP) is 4.99. The van der Waals surface area contributed by atoms with Gasteiger partial charge in [0.25, 0.3) is 5.91 Å². The summed E-state index contributed by atoms with van der Waals surface area (Å²) in [5.74, 6) is 0.666. The number of H-pyrrole nitrogens is 1. The molecule has 0 radical (unpaired) electrons. The molecular formula is C28H31FN4O2. The molecule has 182 valence electrons. The van der Waals surface area contributed by atoms with Crippen LogP contribution in [-0.2, 0) is 24.2 Å². The molecule has 35 heavy (non-hydrogen) atoms. The van der Waals surface area contributed by atoms with Crippen LogP contribution in [0.15, 0.2) is 36.4 Å². The van der Waals surface area contributed by atoms with Crippen LogP contribution in [0.1, 0.15) is 59.1 Å². The molecule has 3 aliphatic rings. The highest BCUT2D eigenvalue weighted by Crippen LogP contribution is 2.47. The summed E-state index contributed by atoms with van der Waals surface area (Å²) >= 11 is 0. The van der Waals surface area contributed by atoms with Crippen molar-refractivity contribution >= 4 is 5.91 Å². The first-order chi connectivity index (χ1) is 16.9. The van der Waals surface area contributed by atoms with Crippen LogP contribution in [0, 0.1) is 23.7 Å². The third-order valence-corrected chi connectivity index (χ3v) is 7.82. The number of imidazole rings is 1. The molecule has 1 aliphatic carbocycles. The Morgan fingerprint density at radius 3 is 2.77 bits per heavy atom. The van der Waals surface area contributed by atoms with Gasteiger partial charge in [0.05, 0.1) is 30.7 Å². The number of aromatic amines is 1. The molecule has 1 saturated heterocycles. The van der Waals surface area contributed by atoms with Crippen LogP contribution in [0.4, 0.5) is 4.39 Å². The Morgan fingerprint density at radius 2 is 2.11 bits per heavy atom. The van der Waals surface area contributed by atoms with Gasteiger partial charge in [-0.15, -0.1) is 0 Å². The maximum atomic E-state index is 16.1. The highest BCUT2D eigenvalue weighted by Gasteiger charge is 2.52. The van der Waals surface area contributed by atoms with Crippen molar-refractivity contribution in [3.63, 3.8) is 0 Å². The number of benzene rings is 1. The Morgan fingerprint density at radius 1 is 1.31 bits per heavy atom. The van der Waals surface area contributed by atoms with Crippen LogP contribution >= 0.6 is 0 Å². The zero-order valence-electron chi connectivity index (χ0n) is 20.4. The highest BCUT2D eigenvalue weighted by molar-refractivity contribution is 5.97. The Labute approximate surface area is 205 Å². The summed E-state index contributed by atoms with van der Waals surface area (Å²) in [5.41, 5.74) is 2.78. The van der Waals surface area contributed by atoms with E-state index < -0.39 is 11.1 Å². The number of fused-ring (bicyclic) bond motifs is 1. The number of hydrogen-bond acceptors (Lipinski definition) is 4. The molecule has 1 N–H and O–H groups in total. The summed E-state index contributed by atoms with van der Waals surface area (Å²) in [6, 6.07) is 6.23. The van der Waals surface area contributed by atoms with Crippen molar-refractivity contribution in [1.82, 2.24) is 14.9 Å². The quantitative estimate of drug-likeness (QED) is 0.677. The van der Waals surface area contributed by atoms with Crippen molar-refractivity contribution in [2.45, 2.75) is 58.2 Å². The lowest BCUT2D eigenvalue weighted by molar-refractivity contribution is -0.00215. The molecule has 0 spiro atoms. The smallest absolute Gasteiger partial charge is 0.254 e. The number of allylic oxidation sites excluding steroid dienone is 4. The molecule has 1 aromatic heterocycles. The lowest BCUT2D eigenvalue weighted by atomic mass is 9.66. The summed E-state index contributed by atoms with van der Waals surface area (Å²) in [4.78, 5) is 23.5. The summed E-state index contributed by atoms with van der Waals surface area (Å²) < 4.78 is 21.6. The molecule has 1 amide bonds. The third-order valence-electron chi connectivity index (χ3n) is 7.82. The lowest BCUT2D eigenvalue weighted by Crippen LogP contribution is -2.52. The van der Waals surface area contributed by atoms with Crippen molar-refractivity contribution in [1.29, 1.82) is 5.26 Å². The molecule has 0 saturated carbocycles. The number of hydrogen-bond donors (Lipinski definition) is 1. The number of aromatic nitrogens is 2. The maximum absolute atomic E-state index is 16.1. The standard InChI is InChI=1S/C28H31FN4O2/c1-3-20-15-19(2)21(16-22(20)25-31-23-7-14-35-17-24(23)32-25)26(34)33-12-10-28(29,11-13-33)27(18-30)8-5-4-6-9-27/h4-6,8,15-16H,3,7,9-14,17H2,1-2H3,(H,31,32). The van der Waals surface area contributed by atoms with Gasteiger partial charge >= 0.3 is 0 Å². The molecular weight excluding hydrogens is 443 g/mol. The maximum Gasteiger partial charge on any atom is 0.254 e. The van der Waals surface area contributed by atoms with Gasteiger partial charge in [0, 0.05) is 43.5 Å². The first-order valence-corrected chi connectivity index (χ1v) is 12.4. The molecule has 1 fully saturated rings. The number of nitriles is 1. The van der Waals surface area contributed by atoms with E-state index in [2.05, 4.69) is 24.0 Å². The van der Waals surface area contributed by atoms with Crippen molar-refractivity contribution < 1.29 is 13.9 Å². The van der Waals surface area contributed by atoms with E-state index in [-0.39, 0.29) is 31.8 Å². The number of carbonyl (C=O) groups is 1. The first kappa shape index (κ1) is 23.5. The molecule has 0 bridgehead atoms. The van der Waals surface area contributed by atoms with Crippen LogP contribution in [0.2, 0.25) is 0 Å². The molecule has 1 aromatic carbocycles. The van der Waals surface area contributed by atoms with Gasteiger partial charge < -0.3 is 14.6 Å². The van der Waals surface area contributed by atoms with Crippen LogP contribution < -0.4 is 0 Å². The van der Waals surface area contributed by atoms with Crippen LogP contribution in [0.3, 0.4) is 0 Å². The number of nitrogens with zero attached hydrogens (tertiary/aromatic N) is 3. The van der Waals surface area contributed by atoms with E-state index in [1.54, 1.807) is 17.1 Å². The fourth-order valence-electron chi connectivity index (χ4n) is 5.57. The Kier molecular flexibility index (Phi) is 6.10. The van der Waals surface area contributed by atoms with Gasteiger partial charge in [-0.25, -0.2) is 9.37 Å². The average Bonchev–Trinajstić information content (AvgIpc) is 3.33. The van der Waals surface area contributed by atoms with E-state index in [0.717, 1.165) is 46.7 Å². The zero-order chi connectivity index (χ0) is 24.6. The lowest BCUT2D eigenvalue weighted by Gasteiger charge is -2.44. The van der Waals surface area contributed by atoms with Crippen molar-refractivity contribution in [2.24, 2.45) is 5.41 Å². The number of alkyl halides is 1. The second kappa shape index (κ2) is 9.09. The SMILES string of the molecule is CCc1cc(C)c(C(=O)N2CCC(F)(C3(C#N)C=CC=CC3)CC2)cc1-c1nc2c([nH]1)COCC2. The molecule has 1 atom stereocenters. The van der Waals surface area contributed by atoms with Crippen molar-refractivity contribution in [3.05, 3.63) is 64.5 Å². The molecule has 1 unspecified atom stereocenters. The largest absolute Gasteiger partial charge is 0.375 e. The van der Waals surface area contributed by atoms with Crippen molar-refractivity contribution in [3.8, 4) is 17.5 Å². The van der Waals surface area contributed by atoms with Crippen molar-refractivity contribution in [2.75, 3.05) is 19.7 Å². The van der Waals surface area contributed by atoms with E-state index in [1.165, 1.54) is 0 Å². The minimum atomic E-state index is -1.65. The third kappa shape index (κ3) is 4.00. The van der Waals surface area contributed by atoms with Gasteiger partial charge in [-0.2, -0.15) is 5.26 Å². The Balaban J connectivity index is 1.40. The molecule has 5 rings (SSSR count). The molecule has 7 heteroatoms. The second-order valence-electron chi connectivity index (χ2n) is 9.82. The predicted molar refractivity (Wildman–Crippen MR) is 131 cm³/mol. The fourth-order valence-corrected chi connectivity index (χ4v) is 5.57. The van der Waals surface area contributed by atoms with Gasteiger partial charge in [-0.1, -0.05) is 37.3 Å². The molecule has 2 aliphatic heterocycles. The minimum Gasteiger partial charge on any atom is -0.375 e. The number of ether oxygens (including phenoxy) is 1. The van der Waals surface area contributed by atoms with Crippen LogP contribution in [-0.4, -0.2) is 46.1 Å². The number of nitrogens with one attached hydrogen (secondary N) is 1. The van der Waals surface area contributed by atoms with Crippen LogP contribution in [0.5, 0.6) is 0 Å². The van der Waals surface area contributed by atoms with Gasteiger partial charge in [0.1, 0.15) is 16.9 Å². The Hall–Kier alpha value is -3.24. The number of likely N-dealkylation sites (tertiary alicyclic amines) is 1. The topological polar surface area (TPSA) is 82.0 Å². The van der Waals surface area contributed by atoms with Gasteiger partial charge in [0.2, 0.25) is 0 Å². The normalized spacial score (nSPS) is 23.1. The number of piperidine rings is 1. The number of halogens is 1. The second-order valence-corrected chi connectivity index (χ2v) is 9.82. The first-order valence-electron chi connectivity index (χ1n) is 12.4. The molecule has 3 heterocycles. The van der Waals surface area contributed by atoms with E-state index in [9.17, 15) is 10.1 Å². The van der Waals surface area contributed by atoms with E-state index in [1.807, 2.05) is 25.1 Å². The molecule has 6 nitrogen and oxygen atoms in total. The highest BCUT2D eigenvalue weighted by atomic mass is 19.1. The van der Waals surface area contributed by atoms with Gasteiger partial charge in [-0.05, 0) is 37.0 Å². The number of aryl methyl sites for hydroxylation is 2. The zero-order valence-corrected chi connectivity index (χ0v) is 20.4. The fraction of sp³-hybridized carbons (Fsp3) is 0.464. The van der Waals surface area contributed by atoms with E-state index in [0.29, 0.717) is 25.2 Å². The van der Waals surface area contributed by atoms with E-state index >= 15 is 4.39 Å². The number of amides is 1.